The number of halogens is 1. The predicted octanol–water partition coefficient (Wildman–Crippen LogP) is 3.36. The summed E-state index contributed by atoms with van der Waals surface area (Å²) in [5.41, 5.74) is 0.0899. The van der Waals surface area contributed by atoms with Crippen LogP contribution in [0.4, 0.5) is 10.5 Å². The van der Waals surface area contributed by atoms with Crippen LogP contribution in [-0.2, 0) is 4.74 Å². The first-order valence-electron chi connectivity index (χ1n) is 6.84. The fourth-order valence-electron chi connectivity index (χ4n) is 1.67. The quantitative estimate of drug-likeness (QED) is 0.771. The lowest BCUT2D eigenvalue weighted by atomic mass is 10.2. The molecule has 1 unspecified atom stereocenters. The van der Waals surface area contributed by atoms with Gasteiger partial charge in [0.2, 0.25) is 0 Å². The zero-order valence-electron chi connectivity index (χ0n) is 13.1. The molecule has 1 aromatic carbocycles. The third-order valence-electron chi connectivity index (χ3n) is 2.56. The number of alkyl carbamates (subject to hydrolysis) is 1. The van der Waals surface area contributed by atoms with Crippen LogP contribution >= 0.6 is 11.6 Å². The van der Waals surface area contributed by atoms with Crippen molar-refractivity contribution < 1.29 is 19.4 Å². The van der Waals surface area contributed by atoms with Gasteiger partial charge in [-0.05, 0) is 45.9 Å². The molecule has 0 aliphatic carbocycles. The van der Waals surface area contributed by atoms with E-state index in [-0.39, 0.29) is 16.6 Å². The normalized spacial score (nSPS) is 12.4. The highest BCUT2D eigenvalue weighted by Gasteiger charge is 2.16. The molecule has 122 valence electrons. The molecule has 3 N–H and O–H groups in total. The fourth-order valence-corrected chi connectivity index (χ4v) is 1.86. The van der Waals surface area contributed by atoms with Gasteiger partial charge in [-0.25, -0.2) is 9.59 Å². The van der Waals surface area contributed by atoms with E-state index in [2.05, 4.69) is 10.6 Å². The van der Waals surface area contributed by atoms with E-state index in [0.29, 0.717) is 12.2 Å². The molecule has 0 aromatic heterocycles. The summed E-state index contributed by atoms with van der Waals surface area (Å²) in [6.07, 6.45) is -0.497. The first-order chi connectivity index (χ1) is 10.1. The summed E-state index contributed by atoms with van der Waals surface area (Å²) in [5.74, 6) is -1.09. The van der Waals surface area contributed by atoms with Crippen LogP contribution in [0.25, 0.3) is 0 Å². The first-order valence-corrected chi connectivity index (χ1v) is 7.22. The molecular weight excluding hydrogens is 308 g/mol. The van der Waals surface area contributed by atoms with Gasteiger partial charge in [0.25, 0.3) is 0 Å². The lowest BCUT2D eigenvalue weighted by Gasteiger charge is -2.21. The van der Waals surface area contributed by atoms with Crippen LogP contribution in [0.5, 0.6) is 0 Å². The summed E-state index contributed by atoms with van der Waals surface area (Å²) in [4.78, 5) is 22.6. The van der Waals surface area contributed by atoms with Gasteiger partial charge in [0.15, 0.2) is 0 Å². The van der Waals surface area contributed by atoms with Crippen molar-refractivity contribution >= 4 is 29.4 Å². The highest BCUT2D eigenvalue weighted by atomic mass is 35.5. The summed E-state index contributed by atoms with van der Waals surface area (Å²) in [5, 5.41) is 14.9. The van der Waals surface area contributed by atoms with Gasteiger partial charge in [0.1, 0.15) is 5.60 Å². The Hall–Kier alpha value is -1.95. The van der Waals surface area contributed by atoms with Crippen molar-refractivity contribution in [2.45, 2.75) is 39.3 Å². The Morgan fingerprint density at radius 3 is 2.55 bits per heavy atom. The summed E-state index contributed by atoms with van der Waals surface area (Å²) in [7, 11) is 0. The van der Waals surface area contributed by atoms with Crippen LogP contribution in [0.2, 0.25) is 5.02 Å². The molecule has 1 atom stereocenters. The van der Waals surface area contributed by atoms with Crippen LogP contribution in [0.15, 0.2) is 18.2 Å². The smallest absolute Gasteiger partial charge is 0.407 e. The fraction of sp³-hybridized carbons (Fsp3) is 0.467. The van der Waals surface area contributed by atoms with E-state index in [1.165, 1.54) is 12.1 Å². The van der Waals surface area contributed by atoms with Gasteiger partial charge < -0.3 is 20.5 Å². The number of ether oxygens (including phenoxy) is 1. The van der Waals surface area contributed by atoms with Crippen molar-refractivity contribution in [3.63, 3.8) is 0 Å². The lowest BCUT2D eigenvalue weighted by molar-refractivity contribution is 0.0525. The molecule has 0 bridgehead atoms. The molecule has 1 rings (SSSR count). The van der Waals surface area contributed by atoms with Gasteiger partial charge in [-0.1, -0.05) is 11.6 Å². The number of carboxylic acid groups (broad SMARTS) is 1. The molecule has 22 heavy (non-hydrogen) atoms. The molecule has 7 heteroatoms. The van der Waals surface area contributed by atoms with Gasteiger partial charge in [-0.2, -0.15) is 0 Å². The molecule has 0 saturated carbocycles. The van der Waals surface area contributed by atoms with E-state index in [9.17, 15) is 9.59 Å². The number of benzene rings is 1. The monoisotopic (exact) mass is 328 g/mol. The molecule has 1 aromatic rings. The van der Waals surface area contributed by atoms with Crippen LogP contribution in [0.1, 0.15) is 38.1 Å². The van der Waals surface area contributed by atoms with Gasteiger partial charge in [0, 0.05) is 18.3 Å². The number of hydrogen-bond donors (Lipinski definition) is 3. The summed E-state index contributed by atoms with van der Waals surface area (Å²) >= 11 is 5.81. The SMILES string of the molecule is CC(CNC(=O)OC(C)(C)C)Nc1ccc(Cl)c(C(=O)O)c1. The summed E-state index contributed by atoms with van der Waals surface area (Å²) < 4.78 is 5.13. The van der Waals surface area contributed by atoms with Crippen LogP contribution in [0, 0.1) is 0 Å². The van der Waals surface area contributed by atoms with Gasteiger partial charge in [-0.15, -0.1) is 0 Å². The number of amides is 1. The zero-order chi connectivity index (χ0) is 16.9. The van der Waals surface area contributed by atoms with Crippen molar-refractivity contribution in [3.8, 4) is 0 Å². The molecule has 6 nitrogen and oxygen atoms in total. The number of hydrogen-bond acceptors (Lipinski definition) is 4. The molecule has 1 amide bonds. The largest absolute Gasteiger partial charge is 0.478 e. The van der Waals surface area contributed by atoms with Gasteiger partial charge in [0.05, 0.1) is 10.6 Å². The maximum atomic E-state index is 11.5. The minimum absolute atomic E-state index is 0.0268. The average molecular weight is 329 g/mol. The topological polar surface area (TPSA) is 87.7 Å². The number of anilines is 1. The third kappa shape index (κ3) is 6.22. The second-order valence-corrected chi connectivity index (χ2v) is 6.34. The third-order valence-corrected chi connectivity index (χ3v) is 2.89. The summed E-state index contributed by atoms with van der Waals surface area (Å²) in [6.45, 7) is 7.55. The number of carboxylic acids is 1. The van der Waals surface area contributed by atoms with E-state index in [0.717, 1.165) is 0 Å². The molecule has 0 spiro atoms. The Morgan fingerprint density at radius 1 is 1.36 bits per heavy atom. The van der Waals surface area contributed by atoms with Crippen molar-refractivity contribution in [3.05, 3.63) is 28.8 Å². The van der Waals surface area contributed by atoms with Crippen LogP contribution < -0.4 is 10.6 Å². The van der Waals surface area contributed by atoms with Crippen molar-refractivity contribution in [1.29, 1.82) is 0 Å². The molecule has 0 heterocycles. The standard InChI is InChI=1S/C15H21ClN2O4/c1-9(8-17-14(21)22-15(2,3)4)18-10-5-6-12(16)11(7-10)13(19)20/h5-7,9,18H,8H2,1-4H3,(H,17,21)(H,19,20). The number of aromatic carboxylic acids is 1. The van der Waals surface area contributed by atoms with Crippen LogP contribution in [0.3, 0.4) is 0 Å². The second kappa shape index (κ2) is 7.35. The zero-order valence-corrected chi connectivity index (χ0v) is 13.8. The second-order valence-electron chi connectivity index (χ2n) is 5.93. The van der Waals surface area contributed by atoms with Crippen molar-refractivity contribution in [1.82, 2.24) is 5.32 Å². The number of carbonyl (C=O) groups excluding carboxylic acids is 1. The molecule has 0 saturated heterocycles. The van der Waals surface area contributed by atoms with Crippen molar-refractivity contribution in [2.24, 2.45) is 0 Å². The average Bonchev–Trinajstić information content (AvgIpc) is 2.36. The molecule has 0 aliphatic rings. The molecule has 0 aliphatic heterocycles. The number of nitrogens with one attached hydrogen (secondary N) is 2. The van der Waals surface area contributed by atoms with E-state index >= 15 is 0 Å². The number of rotatable bonds is 5. The Morgan fingerprint density at radius 2 is 2.00 bits per heavy atom. The molecular formula is C15H21ClN2O4. The Balaban J connectivity index is 2.55. The van der Waals surface area contributed by atoms with E-state index in [1.54, 1.807) is 26.8 Å². The lowest BCUT2D eigenvalue weighted by Crippen LogP contribution is -2.38. The first kappa shape index (κ1) is 18.1. The van der Waals surface area contributed by atoms with Gasteiger partial charge >= 0.3 is 12.1 Å². The molecule has 0 radical (unpaired) electrons. The van der Waals surface area contributed by atoms with Gasteiger partial charge in [-0.3, -0.25) is 0 Å². The summed E-state index contributed by atoms with van der Waals surface area (Å²) in [6, 6.07) is 4.53. The van der Waals surface area contributed by atoms with Crippen molar-refractivity contribution in [2.75, 3.05) is 11.9 Å². The molecule has 0 fully saturated rings. The highest BCUT2D eigenvalue weighted by Crippen LogP contribution is 2.21. The highest BCUT2D eigenvalue weighted by molar-refractivity contribution is 6.33. The predicted molar refractivity (Wildman–Crippen MR) is 85.7 cm³/mol. The van der Waals surface area contributed by atoms with E-state index in [1.807, 2.05) is 6.92 Å². The maximum Gasteiger partial charge on any atom is 0.407 e. The Bertz CT molecular complexity index is 555. The Kier molecular flexibility index (Phi) is 6.05. The maximum absolute atomic E-state index is 11.5. The Labute approximate surface area is 134 Å². The van der Waals surface area contributed by atoms with E-state index in [4.69, 9.17) is 21.4 Å². The van der Waals surface area contributed by atoms with E-state index < -0.39 is 17.7 Å². The number of carbonyl (C=O) groups is 2. The minimum atomic E-state index is -1.09. The van der Waals surface area contributed by atoms with Crippen LogP contribution in [-0.4, -0.2) is 35.4 Å². The minimum Gasteiger partial charge on any atom is -0.478 e.